The molecule has 0 bridgehead atoms. The minimum atomic E-state index is -0.652. The zero-order valence-corrected chi connectivity index (χ0v) is 14.8. The molecule has 1 N–H and O–H groups in total. The molecule has 136 valence electrons. The molecule has 2 heterocycles. The number of aromatic nitrogens is 2. The Bertz CT molecular complexity index is 649. The van der Waals surface area contributed by atoms with Gasteiger partial charge in [0.2, 0.25) is 0 Å². The first-order chi connectivity index (χ1) is 12.2. The summed E-state index contributed by atoms with van der Waals surface area (Å²) in [6.45, 7) is 7.51. The highest BCUT2D eigenvalue weighted by atomic mass is 19.1. The second-order valence-electron chi connectivity index (χ2n) is 6.70. The molecule has 1 fully saturated rings. The number of hydrogen-bond acceptors (Lipinski definition) is 4. The molecule has 2 atom stereocenters. The summed E-state index contributed by atoms with van der Waals surface area (Å²) < 4.78 is 15.3. The number of β-amino-alcohol motifs (C(OH)–C–C–N with tert-alkyl or cyclic N) is 1. The van der Waals surface area contributed by atoms with Crippen LogP contribution in [0, 0.1) is 5.82 Å². The first-order valence-electron chi connectivity index (χ1n) is 9.03. The second-order valence-corrected chi connectivity index (χ2v) is 6.70. The van der Waals surface area contributed by atoms with E-state index in [9.17, 15) is 9.50 Å². The Morgan fingerprint density at radius 2 is 2.16 bits per heavy atom. The molecule has 3 rings (SSSR count). The number of rotatable bonds is 7. The van der Waals surface area contributed by atoms with Crippen molar-refractivity contribution in [2.24, 2.45) is 0 Å². The number of aliphatic hydroxyl groups excluding tert-OH is 1. The molecule has 6 heteroatoms. The van der Waals surface area contributed by atoms with Gasteiger partial charge in [-0.25, -0.2) is 4.39 Å². The monoisotopic (exact) mass is 346 g/mol. The van der Waals surface area contributed by atoms with Crippen LogP contribution in [0.25, 0.3) is 0 Å². The third-order valence-electron chi connectivity index (χ3n) is 5.01. The molecule has 0 unspecified atom stereocenters. The topological polar surface area (TPSA) is 44.5 Å². The number of benzene rings is 1. The van der Waals surface area contributed by atoms with Crippen molar-refractivity contribution < 1.29 is 9.50 Å². The van der Waals surface area contributed by atoms with Crippen LogP contribution in [0.4, 0.5) is 4.39 Å². The molecule has 1 aromatic carbocycles. The van der Waals surface area contributed by atoms with Gasteiger partial charge in [-0.05, 0) is 30.2 Å². The highest BCUT2D eigenvalue weighted by Gasteiger charge is 2.27. The highest BCUT2D eigenvalue weighted by molar-refractivity contribution is 5.19. The number of aliphatic hydroxyl groups is 1. The summed E-state index contributed by atoms with van der Waals surface area (Å²) in [4.78, 5) is 4.79. The zero-order valence-electron chi connectivity index (χ0n) is 14.8. The molecule has 0 spiro atoms. The fraction of sp³-hybridized carbons (Fsp3) is 0.526. The van der Waals surface area contributed by atoms with Crippen molar-refractivity contribution in [1.29, 1.82) is 0 Å². The molecule has 1 aliphatic rings. The molecule has 1 aromatic heterocycles. The Morgan fingerprint density at radius 3 is 2.88 bits per heavy atom. The lowest BCUT2D eigenvalue weighted by Gasteiger charge is -2.42. The molecule has 0 amide bonds. The lowest BCUT2D eigenvalue weighted by atomic mass is 10.0. The Labute approximate surface area is 148 Å². The summed E-state index contributed by atoms with van der Waals surface area (Å²) in [7, 11) is 0. The molecule has 2 aromatic rings. The number of piperazine rings is 1. The van der Waals surface area contributed by atoms with Crippen molar-refractivity contribution in [3.05, 3.63) is 54.1 Å². The molecular formula is C19H27FN4O. The van der Waals surface area contributed by atoms with E-state index in [4.69, 9.17) is 0 Å². The van der Waals surface area contributed by atoms with Crippen molar-refractivity contribution in [3.8, 4) is 0 Å². The molecule has 1 saturated heterocycles. The Hall–Kier alpha value is -1.76. The van der Waals surface area contributed by atoms with E-state index < -0.39 is 6.10 Å². The van der Waals surface area contributed by atoms with Gasteiger partial charge in [0.05, 0.1) is 12.6 Å². The maximum absolute atomic E-state index is 13.4. The Balaban J connectivity index is 1.53. The van der Waals surface area contributed by atoms with E-state index >= 15 is 0 Å². The molecule has 1 aliphatic heterocycles. The number of hydrogen-bond donors (Lipinski definition) is 1. The van der Waals surface area contributed by atoms with Crippen LogP contribution < -0.4 is 0 Å². The van der Waals surface area contributed by atoms with Crippen LogP contribution in [0.1, 0.15) is 25.0 Å². The van der Waals surface area contributed by atoms with E-state index in [1.54, 1.807) is 18.3 Å². The SMILES string of the molecule is CC[C@H]1CN(CCn2cccn2)CCN1C[C@H](O)c1cccc(F)c1. The van der Waals surface area contributed by atoms with Crippen LogP contribution >= 0.6 is 0 Å². The first-order valence-corrected chi connectivity index (χ1v) is 9.03. The van der Waals surface area contributed by atoms with Gasteiger partial charge in [-0.3, -0.25) is 14.5 Å². The molecule has 0 saturated carbocycles. The van der Waals surface area contributed by atoms with Crippen molar-refractivity contribution >= 4 is 0 Å². The number of nitrogens with zero attached hydrogens (tertiary/aromatic N) is 4. The molecular weight excluding hydrogens is 319 g/mol. The third-order valence-corrected chi connectivity index (χ3v) is 5.01. The van der Waals surface area contributed by atoms with E-state index in [0.717, 1.165) is 39.1 Å². The molecule has 5 nitrogen and oxygen atoms in total. The van der Waals surface area contributed by atoms with Gasteiger partial charge in [0, 0.05) is 51.2 Å². The summed E-state index contributed by atoms with van der Waals surface area (Å²) in [5.41, 5.74) is 0.649. The van der Waals surface area contributed by atoms with Crippen molar-refractivity contribution in [3.63, 3.8) is 0 Å². The largest absolute Gasteiger partial charge is 0.387 e. The van der Waals surface area contributed by atoms with Gasteiger partial charge in [-0.2, -0.15) is 5.10 Å². The Morgan fingerprint density at radius 1 is 1.28 bits per heavy atom. The van der Waals surface area contributed by atoms with Crippen LogP contribution in [0.15, 0.2) is 42.7 Å². The van der Waals surface area contributed by atoms with Crippen molar-refractivity contribution in [2.75, 3.05) is 32.7 Å². The molecule has 0 aliphatic carbocycles. The summed E-state index contributed by atoms with van der Waals surface area (Å²) in [6, 6.07) is 8.62. The van der Waals surface area contributed by atoms with E-state index in [1.807, 2.05) is 16.9 Å². The van der Waals surface area contributed by atoms with E-state index in [-0.39, 0.29) is 5.82 Å². The predicted molar refractivity (Wildman–Crippen MR) is 95.7 cm³/mol. The summed E-state index contributed by atoms with van der Waals surface area (Å²) >= 11 is 0. The van der Waals surface area contributed by atoms with Gasteiger partial charge in [0.1, 0.15) is 5.82 Å². The second kappa shape index (κ2) is 8.56. The van der Waals surface area contributed by atoms with Gasteiger partial charge in [-0.1, -0.05) is 19.1 Å². The van der Waals surface area contributed by atoms with Crippen LogP contribution in [-0.4, -0.2) is 63.5 Å². The molecule has 25 heavy (non-hydrogen) atoms. The summed E-state index contributed by atoms with van der Waals surface area (Å²) in [5.74, 6) is -0.299. The standard InChI is InChI=1S/C19H27FN4O/c1-2-18-14-22(10-12-24-8-4-7-21-24)9-11-23(18)15-19(25)16-5-3-6-17(20)13-16/h3-8,13,18-19,25H,2,9-12,14-15H2,1H3/t18-,19-/m0/s1. The van der Waals surface area contributed by atoms with Crippen LogP contribution in [0.2, 0.25) is 0 Å². The average molecular weight is 346 g/mol. The van der Waals surface area contributed by atoms with E-state index in [0.29, 0.717) is 18.2 Å². The minimum Gasteiger partial charge on any atom is -0.387 e. The zero-order chi connectivity index (χ0) is 17.6. The fourth-order valence-electron chi connectivity index (χ4n) is 3.51. The smallest absolute Gasteiger partial charge is 0.123 e. The van der Waals surface area contributed by atoms with Gasteiger partial charge >= 0.3 is 0 Å². The van der Waals surface area contributed by atoms with Crippen LogP contribution in [-0.2, 0) is 6.54 Å². The van der Waals surface area contributed by atoms with Crippen molar-refractivity contribution in [1.82, 2.24) is 19.6 Å². The Kier molecular flexibility index (Phi) is 6.18. The fourth-order valence-corrected chi connectivity index (χ4v) is 3.51. The van der Waals surface area contributed by atoms with Crippen molar-refractivity contribution in [2.45, 2.75) is 32.0 Å². The predicted octanol–water partition coefficient (Wildman–Crippen LogP) is 2.15. The van der Waals surface area contributed by atoms with Gasteiger partial charge in [0.25, 0.3) is 0 Å². The maximum atomic E-state index is 13.4. The van der Waals surface area contributed by atoms with Gasteiger partial charge in [-0.15, -0.1) is 0 Å². The minimum absolute atomic E-state index is 0.299. The number of halogens is 1. The average Bonchev–Trinajstić information content (AvgIpc) is 3.14. The summed E-state index contributed by atoms with van der Waals surface area (Å²) in [5, 5.41) is 14.7. The summed E-state index contributed by atoms with van der Waals surface area (Å²) in [6.07, 6.45) is 4.18. The maximum Gasteiger partial charge on any atom is 0.123 e. The van der Waals surface area contributed by atoms with Crippen LogP contribution in [0.5, 0.6) is 0 Å². The normalized spacial score (nSPS) is 20.7. The lowest BCUT2D eigenvalue weighted by molar-refractivity contribution is 0.0294. The lowest BCUT2D eigenvalue weighted by Crippen LogP contribution is -2.54. The highest BCUT2D eigenvalue weighted by Crippen LogP contribution is 2.20. The first kappa shape index (κ1) is 18.0. The molecule has 0 radical (unpaired) electrons. The third kappa shape index (κ3) is 4.87. The van der Waals surface area contributed by atoms with Gasteiger partial charge < -0.3 is 5.11 Å². The van der Waals surface area contributed by atoms with E-state index in [1.165, 1.54) is 12.1 Å². The van der Waals surface area contributed by atoms with E-state index in [2.05, 4.69) is 21.8 Å². The van der Waals surface area contributed by atoms with Crippen LogP contribution in [0.3, 0.4) is 0 Å². The quantitative estimate of drug-likeness (QED) is 0.834. The van der Waals surface area contributed by atoms with Gasteiger partial charge in [0.15, 0.2) is 0 Å².